The molecule has 0 aromatic carbocycles. The van der Waals surface area contributed by atoms with E-state index in [1.54, 1.807) is 6.20 Å². The van der Waals surface area contributed by atoms with Crippen LogP contribution in [0, 0.1) is 6.92 Å². The van der Waals surface area contributed by atoms with E-state index in [4.69, 9.17) is 0 Å². The van der Waals surface area contributed by atoms with Crippen LogP contribution in [0.4, 0.5) is 11.6 Å². The van der Waals surface area contributed by atoms with Crippen molar-refractivity contribution in [2.24, 2.45) is 0 Å². The molecule has 1 N–H and O–H groups in total. The Kier molecular flexibility index (Phi) is 3.57. The fourth-order valence-electron chi connectivity index (χ4n) is 3.02. The van der Waals surface area contributed by atoms with E-state index in [9.17, 15) is 0 Å². The summed E-state index contributed by atoms with van der Waals surface area (Å²) in [5.41, 5.74) is 3.12. The minimum absolute atomic E-state index is 0.699. The van der Waals surface area contributed by atoms with E-state index < -0.39 is 0 Å². The number of fused-ring (bicyclic) bond motifs is 1. The van der Waals surface area contributed by atoms with Crippen LogP contribution in [-0.2, 0) is 6.54 Å². The zero-order valence-electron chi connectivity index (χ0n) is 13.2. The molecule has 23 heavy (non-hydrogen) atoms. The molecule has 4 heterocycles. The second-order valence-corrected chi connectivity index (χ2v) is 5.96. The molecule has 0 radical (unpaired) electrons. The Bertz CT molecular complexity index is 802. The Morgan fingerprint density at radius 1 is 1.17 bits per heavy atom. The Labute approximate surface area is 135 Å². The lowest BCUT2D eigenvalue weighted by Crippen LogP contribution is -2.18. The Morgan fingerprint density at radius 2 is 2.04 bits per heavy atom. The summed E-state index contributed by atoms with van der Waals surface area (Å²) < 4.78 is 1.85. The summed E-state index contributed by atoms with van der Waals surface area (Å²) in [6.45, 7) is 4.93. The summed E-state index contributed by atoms with van der Waals surface area (Å²) in [5.74, 6) is 1.93. The van der Waals surface area contributed by atoms with Gasteiger partial charge in [0.15, 0.2) is 5.82 Å². The minimum atomic E-state index is 0.699. The predicted octanol–water partition coefficient (Wildman–Crippen LogP) is 2.65. The first-order valence-corrected chi connectivity index (χ1v) is 8.04. The number of pyridine rings is 1. The third-order valence-electron chi connectivity index (χ3n) is 4.21. The SMILES string of the molecule is Cc1cc2c(NCc3ccc(N4CCCC4)nc3)nccn2n1. The van der Waals surface area contributed by atoms with Gasteiger partial charge in [-0.2, -0.15) is 5.10 Å². The molecule has 0 atom stereocenters. The number of anilines is 2. The van der Waals surface area contributed by atoms with Crippen LogP contribution in [0.3, 0.4) is 0 Å². The van der Waals surface area contributed by atoms with Crippen molar-refractivity contribution in [1.82, 2.24) is 19.6 Å². The van der Waals surface area contributed by atoms with E-state index in [1.165, 1.54) is 12.8 Å². The second kappa shape index (κ2) is 5.87. The van der Waals surface area contributed by atoms with Gasteiger partial charge in [0, 0.05) is 38.2 Å². The second-order valence-electron chi connectivity index (χ2n) is 5.96. The van der Waals surface area contributed by atoms with Gasteiger partial charge in [-0.05, 0) is 37.5 Å². The van der Waals surface area contributed by atoms with Crippen LogP contribution in [0.15, 0.2) is 36.8 Å². The van der Waals surface area contributed by atoms with Gasteiger partial charge in [-0.1, -0.05) is 6.07 Å². The maximum absolute atomic E-state index is 4.59. The third kappa shape index (κ3) is 2.84. The normalized spacial score (nSPS) is 14.6. The Hall–Kier alpha value is -2.63. The molecule has 4 rings (SSSR count). The predicted molar refractivity (Wildman–Crippen MR) is 90.7 cm³/mol. The molecule has 0 amide bonds. The first-order chi connectivity index (χ1) is 11.3. The van der Waals surface area contributed by atoms with Gasteiger partial charge in [0.25, 0.3) is 0 Å². The van der Waals surface area contributed by atoms with E-state index in [1.807, 2.05) is 29.9 Å². The molecule has 3 aromatic heterocycles. The maximum atomic E-state index is 4.59. The summed E-state index contributed by atoms with van der Waals surface area (Å²) in [6, 6.07) is 6.28. The standard InChI is InChI=1S/C17H20N6/c1-13-10-15-17(18-6-9-23(15)21-13)20-12-14-4-5-16(19-11-14)22-7-2-3-8-22/h4-6,9-11H,2-3,7-8,12H2,1H3,(H,18,20). The molecule has 0 unspecified atom stereocenters. The number of hydrogen-bond donors (Lipinski definition) is 1. The Balaban J connectivity index is 1.47. The zero-order valence-corrected chi connectivity index (χ0v) is 13.2. The number of hydrogen-bond acceptors (Lipinski definition) is 5. The summed E-state index contributed by atoms with van der Waals surface area (Å²) in [4.78, 5) is 11.3. The van der Waals surface area contributed by atoms with Crippen LogP contribution in [0.5, 0.6) is 0 Å². The van der Waals surface area contributed by atoms with Crippen LogP contribution in [0.2, 0.25) is 0 Å². The maximum Gasteiger partial charge on any atom is 0.152 e. The number of rotatable bonds is 4. The van der Waals surface area contributed by atoms with Gasteiger partial charge in [0.05, 0.1) is 5.69 Å². The molecule has 1 aliphatic heterocycles. The summed E-state index contributed by atoms with van der Waals surface area (Å²) >= 11 is 0. The highest BCUT2D eigenvalue weighted by atomic mass is 15.2. The van der Waals surface area contributed by atoms with Crippen LogP contribution in [-0.4, -0.2) is 32.7 Å². The van der Waals surface area contributed by atoms with E-state index in [0.717, 1.165) is 41.5 Å². The number of nitrogens with one attached hydrogen (secondary N) is 1. The fraction of sp³-hybridized carbons (Fsp3) is 0.353. The van der Waals surface area contributed by atoms with Crippen molar-refractivity contribution in [1.29, 1.82) is 0 Å². The first kappa shape index (κ1) is 14.0. The minimum Gasteiger partial charge on any atom is -0.364 e. The molecule has 0 spiro atoms. The lowest BCUT2D eigenvalue weighted by atomic mass is 10.2. The third-order valence-corrected chi connectivity index (χ3v) is 4.21. The first-order valence-electron chi connectivity index (χ1n) is 8.04. The number of aryl methyl sites for hydroxylation is 1. The van der Waals surface area contributed by atoms with Gasteiger partial charge in [0.1, 0.15) is 11.3 Å². The molecule has 6 heteroatoms. The zero-order chi connectivity index (χ0) is 15.6. The number of nitrogens with zero attached hydrogens (tertiary/aromatic N) is 5. The van der Waals surface area contributed by atoms with Crippen molar-refractivity contribution in [3.8, 4) is 0 Å². The van der Waals surface area contributed by atoms with Gasteiger partial charge in [0.2, 0.25) is 0 Å². The molecule has 0 bridgehead atoms. The van der Waals surface area contributed by atoms with E-state index in [2.05, 4.69) is 37.4 Å². The van der Waals surface area contributed by atoms with Crippen LogP contribution >= 0.6 is 0 Å². The highest BCUT2D eigenvalue weighted by Gasteiger charge is 2.13. The van der Waals surface area contributed by atoms with Crippen molar-refractivity contribution >= 4 is 17.2 Å². The molecule has 6 nitrogen and oxygen atoms in total. The van der Waals surface area contributed by atoms with Gasteiger partial charge in [-0.3, -0.25) is 0 Å². The molecular weight excluding hydrogens is 288 g/mol. The van der Waals surface area contributed by atoms with Gasteiger partial charge >= 0.3 is 0 Å². The highest BCUT2D eigenvalue weighted by molar-refractivity contribution is 5.67. The Morgan fingerprint density at radius 3 is 2.83 bits per heavy atom. The van der Waals surface area contributed by atoms with Crippen LogP contribution in [0.25, 0.3) is 5.52 Å². The van der Waals surface area contributed by atoms with Crippen LogP contribution in [0.1, 0.15) is 24.1 Å². The monoisotopic (exact) mass is 308 g/mol. The van der Waals surface area contributed by atoms with Crippen molar-refractivity contribution in [2.45, 2.75) is 26.3 Å². The number of aromatic nitrogens is 4. The van der Waals surface area contributed by atoms with Crippen molar-refractivity contribution in [2.75, 3.05) is 23.3 Å². The molecule has 1 aliphatic rings. The smallest absolute Gasteiger partial charge is 0.152 e. The van der Waals surface area contributed by atoms with Crippen molar-refractivity contribution in [3.05, 3.63) is 48.0 Å². The lowest BCUT2D eigenvalue weighted by molar-refractivity contribution is 0.918. The molecule has 0 saturated carbocycles. The lowest BCUT2D eigenvalue weighted by Gasteiger charge is -2.16. The molecule has 3 aromatic rings. The van der Waals surface area contributed by atoms with Crippen molar-refractivity contribution in [3.63, 3.8) is 0 Å². The average molecular weight is 308 g/mol. The van der Waals surface area contributed by atoms with Gasteiger partial charge < -0.3 is 10.2 Å². The van der Waals surface area contributed by atoms with E-state index >= 15 is 0 Å². The summed E-state index contributed by atoms with van der Waals surface area (Å²) in [7, 11) is 0. The average Bonchev–Trinajstić information content (AvgIpc) is 3.22. The summed E-state index contributed by atoms with van der Waals surface area (Å²) in [6.07, 6.45) is 8.11. The quantitative estimate of drug-likeness (QED) is 0.803. The summed E-state index contributed by atoms with van der Waals surface area (Å²) in [5, 5.41) is 7.78. The topological polar surface area (TPSA) is 58.3 Å². The molecule has 0 aliphatic carbocycles. The molecule has 1 fully saturated rings. The fourth-order valence-corrected chi connectivity index (χ4v) is 3.02. The molecule has 118 valence electrons. The van der Waals surface area contributed by atoms with E-state index in [0.29, 0.717) is 6.54 Å². The van der Waals surface area contributed by atoms with Gasteiger partial charge in [-0.25, -0.2) is 14.5 Å². The van der Waals surface area contributed by atoms with Crippen molar-refractivity contribution < 1.29 is 0 Å². The highest BCUT2D eigenvalue weighted by Crippen LogP contribution is 2.19. The molecule has 1 saturated heterocycles. The van der Waals surface area contributed by atoms with E-state index in [-0.39, 0.29) is 0 Å². The molecular formula is C17H20N6. The largest absolute Gasteiger partial charge is 0.364 e. The van der Waals surface area contributed by atoms with Gasteiger partial charge in [-0.15, -0.1) is 0 Å². The van der Waals surface area contributed by atoms with Crippen LogP contribution < -0.4 is 10.2 Å².